The average molecular weight is 455 g/mol. The number of anilines is 1. The van der Waals surface area contributed by atoms with Gasteiger partial charge >= 0.3 is 5.97 Å². The summed E-state index contributed by atoms with van der Waals surface area (Å²) >= 11 is 0. The molecule has 170 valence electrons. The van der Waals surface area contributed by atoms with E-state index in [2.05, 4.69) is 10.4 Å². The maximum absolute atomic E-state index is 12.5. The van der Waals surface area contributed by atoms with Crippen molar-refractivity contribution in [3.05, 3.63) is 90.3 Å². The van der Waals surface area contributed by atoms with E-state index in [1.54, 1.807) is 16.9 Å². The number of ether oxygens (including phenoxy) is 2. The van der Waals surface area contributed by atoms with Crippen LogP contribution < -0.4 is 10.1 Å². The van der Waals surface area contributed by atoms with Gasteiger partial charge < -0.3 is 19.2 Å². The molecular weight excluding hydrogens is 434 g/mol. The van der Waals surface area contributed by atoms with Crippen LogP contribution in [0.3, 0.4) is 0 Å². The Kier molecular flexibility index (Phi) is 5.70. The van der Waals surface area contributed by atoms with Crippen molar-refractivity contribution in [2.75, 3.05) is 19.0 Å². The van der Waals surface area contributed by atoms with Gasteiger partial charge in [-0.3, -0.25) is 9.48 Å². The number of furan rings is 1. The average Bonchev–Trinajstić information content (AvgIpc) is 3.47. The third-order valence-electron chi connectivity index (χ3n) is 5.36. The van der Waals surface area contributed by atoms with Crippen molar-refractivity contribution in [2.24, 2.45) is 0 Å². The highest BCUT2D eigenvalue weighted by molar-refractivity contribution is 6.08. The Balaban J connectivity index is 1.24. The van der Waals surface area contributed by atoms with Crippen molar-refractivity contribution >= 4 is 39.5 Å². The predicted molar refractivity (Wildman–Crippen MR) is 127 cm³/mol. The molecule has 0 fully saturated rings. The molecule has 0 bridgehead atoms. The number of hydrogen-bond donors (Lipinski definition) is 1. The summed E-state index contributed by atoms with van der Waals surface area (Å²) < 4.78 is 18.1. The lowest BCUT2D eigenvalue weighted by molar-refractivity contribution is -0.119. The van der Waals surface area contributed by atoms with Crippen molar-refractivity contribution in [1.29, 1.82) is 0 Å². The lowest BCUT2D eigenvalue weighted by Gasteiger charge is -2.10. The first-order chi connectivity index (χ1) is 16.6. The molecule has 1 amide bonds. The fourth-order valence-electron chi connectivity index (χ4n) is 3.74. The number of aromatic nitrogens is 2. The molecule has 8 heteroatoms. The van der Waals surface area contributed by atoms with E-state index in [4.69, 9.17) is 13.9 Å². The second kappa shape index (κ2) is 9.11. The zero-order chi connectivity index (χ0) is 23.5. The molecule has 0 aliphatic heterocycles. The SMILES string of the molecule is COc1cc2c(cc1NC(=O)COC(=O)c1cnn(Cc3ccccc3)c1)oc1ccccc12. The zero-order valence-electron chi connectivity index (χ0n) is 18.4. The minimum absolute atomic E-state index is 0.269. The molecule has 3 aromatic carbocycles. The molecular formula is C26H21N3O5. The molecule has 34 heavy (non-hydrogen) atoms. The second-order valence-electron chi connectivity index (χ2n) is 7.68. The highest BCUT2D eigenvalue weighted by atomic mass is 16.5. The molecule has 0 unspecified atom stereocenters. The number of fused-ring (bicyclic) bond motifs is 3. The lowest BCUT2D eigenvalue weighted by atomic mass is 10.1. The van der Waals surface area contributed by atoms with Crippen LogP contribution >= 0.6 is 0 Å². The van der Waals surface area contributed by atoms with Crippen molar-refractivity contribution in [1.82, 2.24) is 9.78 Å². The van der Waals surface area contributed by atoms with Gasteiger partial charge in [0.1, 0.15) is 16.9 Å². The van der Waals surface area contributed by atoms with Crippen LogP contribution in [0.25, 0.3) is 21.9 Å². The van der Waals surface area contributed by atoms with E-state index < -0.39 is 18.5 Å². The molecule has 0 saturated carbocycles. The Bertz CT molecular complexity index is 1490. The third kappa shape index (κ3) is 4.33. The molecule has 0 aliphatic rings. The molecule has 0 aliphatic carbocycles. The van der Waals surface area contributed by atoms with Crippen LogP contribution in [-0.2, 0) is 16.1 Å². The number of carbonyl (C=O) groups excluding carboxylic acids is 2. The number of nitrogens with zero attached hydrogens (tertiary/aromatic N) is 2. The lowest BCUT2D eigenvalue weighted by Crippen LogP contribution is -2.21. The number of rotatable bonds is 7. The molecule has 1 N–H and O–H groups in total. The summed E-state index contributed by atoms with van der Waals surface area (Å²) in [4.78, 5) is 24.8. The number of methoxy groups -OCH3 is 1. The zero-order valence-corrected chi connectivity index (χ0v) is 18.4. The number of nitrogens with one attached hydrogen (secondary N) is 1. The summed E-state index contributed by atoms with van der Waals surface area (Å²) in [7, 11) is 1.52. The Labute approximate surface area is 194 Å². The molecule has 5 rings (SSSR count). The van der Waals surface area contributed by atoms with E-state index in [0.717, 1.165) is 21.9 Å². The van der Waals surface area contributed by atoms with Gasteiger partial charge in [-0.25, -0.2) is 4.79 Å². The summed E-state index contributed by atoms with van der Waals surface area (Å²) in [5, 5.41) is 8.74. The van der Waals surface area contributed by atoms with Gasteiger partial charge in [0.2, 0.25) is 0 Å². The van der Waals surface area contributed by atoms with Crippen LogP contribution in [-0.4, -0.2) is 35.4 Å². The quantitative estimate of drug-likeness (QED) is 0.360. The predicted octanol–water partition coefficient (Wildman–Crippen LogP) is 4.63. The van der Waals surface area contributed by atoms with Gasteiger partial charge in [-0.15, -0.1) is 0 Å². The molecule has 5 aromatic rings. The first kappa shape index (κ1) is 21.3. The van der Waals surface area contributed by atoms with E-state index >= 15 is 0 Å². The summed E-state index contributed by atoms with van der Waals surface area (Å²) in [6.45, 7) is 0.0721. The first-order valence-corrected chi connectivity index (χ1v) is 10.6. The van der Waals surface area contributed by atoms with Crippen molar-refractivity contribution < 1.29 is 23.5 Å². The summed E-state index contributed by atoms with van der Waals surface area (Å²) in [6.07, 6.45) is 3.01. The highest BCUT2D eigenvalue weighted by Crippen LogP contribution is 2.36. The third-order valence-corrected chi connectivity index (χ3v) is 5.36. The topological polar surface area (TPSA) is 95.6 Å². The minimum Gasteiger partial charge on any atom is -0.495 e. The van der Waals surface area contributed by atoms with Crippen molar-refractivity contribution in [3.63, 3.8) is 0 Å². The van der Waals surface area contributed by atoms with Gasteiger partial charge in [0.15, 0.2) is 6.61 Å². The van der Waals surface area contributed by atoms with E-state index in [1.807, 2.05) is 60.7 Å². The summed E-state index contributed by atoms with van der Waals surface area (Å²) in [5.74, 6) is -0.658. The number of esters is 1. The fraction of sp³-hybridized carbons (Fsp3) is 0.115. The van der Waals surface area contributed by atoms with Crippen LogP contribution in [0.2, 0.25) is 0 Å². The van der Waals surface area contributed by atoms with E-state index in [9.17, 15) is 9.59 Å². The molecule has 2 aromatic heterocycles. The Morgan fingerprint density at radius 1 is 1.00 bits per heavy atom. The first-order valence-electron chi connectivity index (χ1n) is 10.6. The van der Waals surface area contributed by atoms with Gasteiger partial charge in [-0.2, -0.15) is 5.10 Å². The maximum atomic E-state index is 12.5. The summed E-state index contributed by atoms with van der Waals surface area (Å²) in [5.41, 5.74) is 3.10. The molecule has 8 nitrogen and oxygen atoms in total. The van der Waals surface area contributed by atoms with Crippen LogP contribution in [0.5, 0.6) is 5.75 Å². The Morgan fingerprint density at radius 3 is 2.62 bits per heavy atom. The number of amides is 1. The van der Waals surface area contributed by atoms with Crippen LogP contribution in [0.1, 0.15) is 15.9 Å². The van der Waals surface area contributed by atoms with Gasteiger partial charge in [0.25, 0.3) is 5.91 Å². The van der Waals surface area contributed by atoms with Gasteiger partial charge in [0, 0.05) is 23.0 Å². The van der Waals surface area contributed by atoms with Gasteiger partial charge in [-0.05, 0) is 17.7 Å². The maximum Gasteiger partial charge on any atom is 0.341 e. The Hall–Kier alpha value is -4.59. The molecule has 0 spiro atoms. The van der Waals surface area contributed by atoms with Crippen LogP contribution in [0, 0.1) is 0 Å². The molecule has 2 heterocycles. The number of para-hydroxylation sites is 1. The summed E-state index contributed by atoms with van der Waals surface area (Å²) in [6, 6.07) is 20.9. The second-order valence-corrected chi connectivity index (χ2v) is 7.68. The fourth-order valence-corrected chi connectivity index (χ4v) is 3.74. The molecule has 0 radical (unpaired) electrons. The van der Waals surface area contributed by atoms with Gasteiger partial charge in [0.05, 0.1) is 31.1 Å². The number of benzene rings is 3. The highest BCUT2D eigenvalue weighted by Gasteiger charge is 2.16. The standard InChI is InChI=1S/C26H21N3O5/c1-32-24-11-20-19-9-5-6-10-22(19)34-23(20)12-21(24)28-25(30)16-33-26(31)18-13-27-29(15-18)14-17-7-3-2-4-8-17/h2-13,15H,14,16H2,1H3,(H,28,30). The largest absolute Gasteiger partial charge is 0.495 e. The number of carbonyl (C=O) groups is 2. The normalized spacial score (nSPS) is 11.0. The minimum atomic E-state index is -0.630. The van der Waals surface area contributed by atoms with E-state index in [0.29, 0.717) is 23.6 Å². The van der Waals surface area contributed by atoms with Crippen LogP contribution in [0.4, 0.5) is 5.69 Å². The van der Waals surface area contributed by atoms with Crippen LogP contribution in [0.15, 0.2) is 83.5 Å². The number of hydrogen-bond acceptors (Lipinski definition) is 6. The Morgan fingerprint density at radius 2 is 1.79 bits per heavy atom. The van der Waals surface area contributed by atoms with Gasteiger partial charge in [-0.1, -0.05) is 48.5 Å². The monoisotopic (exact) mass is 455 g/mol. The van der Waals surface area contributed by atoms with E-state index in [1.165, 1.54) is 13.3 Å². The van der Waals surface area contributed by atoms with E-state index in [-0.39, 0.29) is 5.56 Å². The molecule has 0 atom stereocenters. The molecule has 0 saturated heterocycles. The van der Waals surface area contributed by atoms with Crippen molar-refractivity contribution in [3.8, 4) is 5.75 Å². The van der Waals surface area contributed by atoms with Crippen molar-refractivity contribution in [2.45, 2.75) is 6.54 Å². The smallest absolute Gasteiger partial charge is 0.341 e.